The first-order valence-electron chi connectivity index (χ1n) is 7.22. The molecule has 1 N–H and O–H groups in total. The largest absolute Gasteiger partial charge is 0.490 e. The van der Waals surface area contributed by atoms with Crippen LogP contribution < -0.4 is 4.74 Å². The molecule has 2 aromatic carbocycles. The molecule has 0 saturated heterocycles. The lowest BCUT2D eigenvalue weighted by Gasteiger charge is -2.16. The minimum atomic E-state index is 0.0399. The summed E-state index contributed by atoms with van der Waals surface area (Å²) in [4.78, 5) is 3.08. The second-order valence-electron chi connectivity index (χ2n) is 5.55. The lowest BCUT2D eigenvalue weighted by molar-refractivity contribution is 0.225. The molecule has 22 heavy (non-hydrogen) atoms. The van der Waals surface area contributed by atoms with Crippen LogP contribution in [0.5, 0.6) is 5.75 Å². The average molecular weight is 334 g/mol. The van der Waals surface area contributed by atoms with Crippen molar-refractivity contribution in [1.29, 1.82) is 0 Å². The van der Waals surface area contributed by atoms with Crippen molar-refractivity contribution in [3.8, 4) is 5.75 Å². The van der Waals surface area contributed by atoms with Crippen LogP contribution in [-0.2, 0) is 6.42 Å². The summed E-state index contributed by atoms with van der Waals surface area (Å²) < 4.78 is 6.09. The van der Waals surface area contributed by atoms with Gasteiger partial charge in [0.1, 0.15) is 5.75 Å². The monoisotopic (exact) mass is 333 g/mol. The fourth-order valence-electron chi connectivity index (χ4n) is 2.56. The smallest absolute Gasteiger partial charge is 0.130 e. The van der Waals surface area contributed by atoms with Crippen LogP contribution in [0.1, 0.15) is 18.1 Å². The number of rotatable bonds is 4. The maximum absolute atomic E-state index is 6.24. The number of H-pyrrole nitrogens is 1. The number of benzene rings is 2. The molecule has 114 valence electrons. The summed E-state index contributed by atoms with van der Waals surface area (Å²) in [5.41, 5.74) is 3.33. The highest BCUT2D eigenvalue weighted by Crippen LogP contribution is 2.36. The molecule has 1 atom stereocenters. The third kappa shape index (κ3) is 3.08. The Kier molecular flexibility index (Phi) is 4.32. The molecule has 0 amide bonds. The minimum Gasteiger partial charge on any atom is -0.490 e. The third-order valence-electron chi connectivity index (χ3n) is 3.67. The summed E-state index contributed by atoms with van der Waals surface area (Å²) in [6.45, 7) is 4.14. The van der Waals surface area contributed by atoms with Gasteiger partial charge >= 0.3 is 0 Å². The molecular formula is C18H17Cl2NO. The Balaban J connectivity index is 1.82. The molecule has 2 nitrogen and oxygen atoms in total. The number of ether oxygens (including phenoxy) is 1. The lowest BCUT2D eigenvalue weighted by Crippen LogP contribution is -2.15. The first-order valence-corrected chi connectivity index (χ1v) is 7.97. The van der Waals surface area contributed by atoms with E-state index in [1.165, 1.54) is 11.1 Å². The summed E-state index contributed by atoms with van der Waals surface area (Å²) in [6, 6.07) is 12.2. The molecule has 0 fully saturated rings. The molecule has 0 spiro atoms. The van der Waals surface area contributed by atoms with E-state index in [1.807, 2.05) is 12.1 Å². The predicted octanol–water partition coefficient (Wildman–Crippen LogP) is 5.79. The Hall–Kier alpha value is -1.64. The van der Waals surface area contributed by atoms with Gasteiger partial charge in [-0.15, -0.1) is 0 Å². The van der Waals surface area contributed by atoms with Crippen molar-refractivity contribution in [1.82, 2.24) is 4.98 Å². The molecule has 0 aliphatic heterocycles. The van der Waals surface area contributed by atoms with Crippen molar-refractivity contribution in [2.24, 2.45) is 0 Å². The van der Waals surface area contributed by atoms with E-state index in [2.05, 4.69) is 43.1 Å². The van der Waals surface area contributed by atoms with Crippen LogP contribution in [0.25, 0.3) is 10.9 Å². The van der Waals surface area contributed by atoms with Crippen LogP contribution in [0, 0.1) is 6.92 Å². The van der Waals surface area contributed by atoms with E-state index >= 15 is 0 Å². The van der Waals surface area contributed by atoms with Crippen LogP contribution in [0.3, 0.4) is 0 Å². The van der Waals surface area contributed by atoms with Gasteiger partial charge in [-0.3, -0.25) is 0 Å². The number of nitrogens with one attached hydrogen (secondary N) is 1. The second-order valence-corrected chi connectivity index (χ2v) is 6.36. The van der Waals surface area contributed by atoms with E-state index in [0.717, 1.165) is 23.1 Å². The molecular weight excluding hydrogens is 317 g/mol. The van der Waals surface area contributed by atoms with Gasteiger partial charge in [0.05, 0.1) is 27.1 Å². The van der Waals surface area contributed by atoms with Crippen molar-refractivity contribution in [2.45, 2.75) is 26.4 Å². The maximum atomic E-state index is 6.24. The van der Waals surface area contributed by atoms with Crippen molar-refractivity contribution in [2.75, 3.05) is 0 Å². The zero-order valence-corrected chi connectivity index (χ0v) is 14.0. The van der Waals surface area contributed by atoms with Gasteiger partial charge in [0.2, 0.25) is 0 Å². The lowest BCUT2D eigenvalue weighted by atomic mass is 10.1. The number of hydrogen-bond donors (Lipinski definition) is 1. The molecule has 0 aliphatic carbocycles. The number of fused-ring (bicyclic) bond motifs is 1. The maximum Gasteiger partial charge on any atom is 0.130 e. The van der Waals surface area contributed by atoms with Gasteiger partial charge in [-0.25, -0.2) is 0 Å². The zero-order valence-electron chi connectivity index (χ0n) is 12.5. The molecule has 3 aromatic rings. The molecule has 0 radical (unpaired) electrons. The van der Waals surface area contributed by atoms with Gasteiger partial charge in [-0.05, 0) is 31.5 Å². The summed E-state index contributed by atoms with van der Waals surface area (Å²) in [5.74, 6) is 0.755. The molecule has 0 aliphatic rings. The third-order valence-corrected chi connectivity index (χ3v) is 4.28. The Morgan fingerprint density at radius 1 is 1.05 bits per heavy atom. The van der Waals surface area contributed by atoms with E-state index < -0.39 is 0 Å². The van der Waals surface area contributed by atoms with Gasteiger partial charge < -0.3 is 9.72 Å². The van der Waals surface area contributed by atoms with E-state index in [9.17, 15) is 0 Å². The highest BCUT2D eigenvalue weighted by molar-refractivity contribution is 6.40. The SMILES string of the molecule is Cc1ccc(CC(C)Oc2ccc(Cl)c3[nH]cc(Cl)c23)cc1. The summed E-state index contributed by atoms with van der Waals surface area (Å²) >= 11 is 12.4. The molecule has 1 unspecified atom stereocenters. The average Bonchev–Trinajstić information content (AvgIpc) is 2.88. The van der Waals surface area contributed by atoms with Gasteiger partial charge in [-0.1, -0.05) is 53.0 Å². The molecule has 0 bridgehead atoms. The van der Waals surface area contributed by atoms with Crippen molar-refractivity contribution >= 4 is 34.1 Å². The normalized spacial score (nSPS) is 12.5. The first-order chi connectivity index (χ1) is 10.5. The Morgan fingerprint density at radius 3 is 2.50 bits per heavy atom. The molecule has 0 saturated carbocycles. The zero-order chi connectivity index (χ0) is 15.7. The van der Waals surface area contributed by atoms with Crippen LogP contribution in [0.15, 0.2) is 42.6 Å². The highest BCUT2D eigenvalue weighted by Gasteiger charge is 2.14. The van der Waals surface area contributed by atoms with Crippen molar-refractivity contribution < 1.29 is 4.74 Å². The Morgan fingerprint density at radius 2 is 1.77 bits per heavy atom. The second kappa shape index (κ2) is 6.23. The minimum absolute atomic E-state index is 0.0399. The number of halogens is 2. The van der Waals surface area contributed by atoms with E-state index in [4.69, 9.17) is 27.9 Å². The van der Waals surface area contributed by atoms with Crippen LogP contribution in [0.4, 0.5) is 0 Å². The van der Waals surface area contributed by atoms with Crippen molar-refractivity contribution in [3.05, 3.63) is 63.8 Å². The Bertz CT molecular complexity index is 793. The number of hydrogen-bond acceptors (Lipinski definition) is 1. The standard InChI is InChI=1S/C18H17Cl2NO/c1-11-3-5-13(6-4-11)9-12(2)22-16-8-7-14(19)18-17(16)15(20)10-21-18/h3-8,10,12,21H,9H2,1-2H3. The molecule has 3 rings (SSSR count). The number of aromatic nitrogens is 1. The topological polar surface area (TPSA) is 25.0 Å². The van der Waals surface area contributed by atoms with Gasteiger partial charge in [0.15, 0.2) is 0 Å². The molecule has 4 heteroatoms. The number of aromatic amines is 1. The van der Waals surface area contributed by atoms with Crippen molar-refractivity contribution in [3.63, 3.8) is 0 Å². The van der Waals surface area contributed by atoms with Gasteiger partial charge in [-0.2, -0.15) is 0 Å². The fourth-order valence-corrected chi connectivity index (χ4v) is 3.01. The van der Waals surface area contributed by atoms with E-state index in [0.29, 0.717) is 10.0 Å². The number of aryl methyl sites for hydroxylation is 1. The van der Waals surface area contributed by atoms with Gasteiger partial charge in [0.25, 0.3) is 0 Å². The van der Waals surface area contributed by atoms with Gasteiger partial charge in [0, 0.05) is 12.6 Å². The summed E-state index contributed by atoms with van der Waals surface area (Å²) in [6.07, 6.45) is 2.61. The van der Waals surface area contributed by atoms with Crippen LogP contribution in [-0.4, -0.2) is 11.1 Å². The molecule has 1 aromatic heterocycles. The summed E-state index contributed by atoms with van der Waals surface area (Å²) in [5, 5.41) is 2.10. The Labute approximate surface area is 140 Å². The molecule has 1 heterocycles. The van der Waals surface area contributed by atoms with Crippen LogP contribution in [0.2, 0.25) is 10.0 Å². The fraction of sp³-hybridized carbons (Fsp3) is 0.222. The summed E-state index contributed by atoms with van der Waals surface area (Å²) in [7, 11) is 0. The quantitative estimate of drug-likeness (QED) is 0.641. The van der Waals surface area contributed by atoms with Crippen LogP contribution >= 0.6 is 23.2 Å². The van der Waals surface area contributed by atoms with E-state index in [-0.39, 0.29) is 6.10 Å². The first kappa shape index (κ1) is 15.3. The highest BCUT2D eigenvalue weighted by atomic mass is 35.5. The van der Waals surface area contributed by atoms with E-state index in [1.54, 1.807) is 6.20 Å². The predicted molar refractivity (Wildman–Crippen MR) is 93.3 cm³/mol.